The lowest BCUT2D eigenvalue weighted by atomic mass is 9.97. The Hall–Kier alpha value is -4.56. The quantitative estimate of drug-likeness (QED) is 0.257. The zero-order valence-electron chi connectivity index (χ0n) is 22.8. The van der Waals surface area contributed by atoms with E-state index in [1.165, 1.54) is 52.4 Å². The van der Waals surface area contributed by atoms with Crippen LogP contribution in [0.1, 0.15) is 44.5 Å². The van der Waals surface area contributed by atoms with Crippen LogP contribution in [0.15, 0.2) is 60.0 Å². The molecule has 1 N–H and O–H groups in total. The van der Waals surface area contributed by atoms with Crippen molar-refractivity contribution in [1.82, 2.24) is 39.3 Å². The van der Waals surface area contributed by atoms with Crippen LogP contribution in [0.4, 0.5) is 18.9 Å². The maximum Gasteiger partial charge on any atom is 0.333 e. The molecule has 11 nitrogen and oxygen atoms in total. The van der Waals surface area contributed by atoms with Gasteiger partial charge in [-0.25, -0.2) is 18.7 Å². The molecule has 0 fully saturated rings. The van der Waals surface area contributed by atoms with Gasteiger partial charge in [-0.05, 0) is 37.1 Å². The fraction of sp³-hybridized carbons (Fsp3) is 0.250. The Bertz CT molecular complexity index is 1940. The monoisotopic (exact) mass is 643 g/mol. The first-order valence-electron chi connectivity index (χ1n) is 13.4. The highest BCUT2D eigenvalue weighted by atomic mass is 35.5. The third-order valence-electron chi connectivity index (χ3n) is 7.41. The van der Waals surface area contributed by atoms with Gasteiger partial charge in [-0.3, -0.25) is 19.1 Å². The van der Waals surface area contributed by atoms with E-state index in [9.17, 15) is 18.4 Å². The number of hydrogen-bond donors (Lipinski definition) is 1. The number of rotatable bonds is 4. The number of carbonyl (C=O) groups excluding carboxylic acids is 1. The summed E-state index contributed by atoms with van der Waals surface area (Å²) in [7, 11) is 0. The molecule has 2 bridgehead atoms. The highest BCUT2D eigenvalue weighted by Crippen LogP contribution is 2.36. The fourth-order valence-electron chi connectivity index (χ4n) is 5.22. The van der Waals surface area contributed by atoms with Crippen LogP contribution >= 0.6 is 23.2 Å². The second-order valence-corrected chi connectivity index (χ2v) is 11.0. The Balaban J connectivity index is 1.47. The Kier molecular flexibility index (Phi) is 7.95. The first-order chi connectivity index (χ1) is 21.1. The van der Waals surface area contributed by atoms with Gasteiger partial charge in [-0.1, -0.05) is 41.8 Å². The Labute approximate surface area is 257 Å². The third-order valence-corrected chi connectivity index (χ3v) is 7.87. The number of amides is 1. The van der Waals surface area contributed by atoms with Crippen molar-refractivity contribution in [3.05, 3.63) is 87.3 Å². The number of halogens is 5. The average molecular weight is 644 g/mol. The van der Waals surface area contributed by atoms with E-state index < -0.39 is 29.9 Å². The van der Waals surface area contributed by atoms with Gasteiger partial charge in [0.05, 0.1) is 63.8 Å². The SMILES string of the molecule is C[C@@H]1CCC[C@H](n2cnc(-c3c(-n4cc(Cl)nn4)ccc(Cl)c3F)cc2=O)c2cc(ccn2)-c2c(cnn2C(F)F)NC1=O. The van der Waals surface area contributed by atoms with Crippen molar-refractivity contribution < 1.29 is 18.0 Å². The fourth-order valence-corrected chi connectivity index (χ4v) is 5.50. The molecule has 6 rings (SSSR count). The van der Waals surface area contributed by atoms with Gasteiger partial charge >= 0.3 is 6.55 Å². The number of hydrogen-bond acceptors (Lipinski definition) is 7. The Morgan fingerprint density at radius 1 is 1.09 bits per heavy atom. The normalized spacial score (nSPS) is 17.1. The van der Waals surface area contributed by atoms with Gasteiger partial charge in [0, 0.05) is 23.7 Å². The van der Waals surface area contributed by atoms with E-state index in [4.69, 9.17) is 23.2 Å². The first kappa shape index (κ1) is 29.5. The van der Waals surface area contributed by atoms with Crippen molar-refractivity contribution in [1.29, 1.82) is 0 Å². The van der Waals surface area contributed by atoms with Gasteiger partial charge in [0.2, 0.25) is 5.91 Å². The lowest BCUT2D eigenvalue weighted by Crippen LogP contribution is -2.27. The maximum atomic E-state index is 15.4. The minimum Gasteiger partial charge on any atom is -0.323 e. The molecule has 0 spiro atoms. The summed E-state index contributed by atoms with van der Waals surface area (Å²) >= 11 is 12.0. The number of nitrogens with zero attached hydrogens (tertiary/aromatic N) is 8. The van der Waals surface area contributed by atoms with Gasteiger partial charge in [0.1, 0.15) is 0 Å². The lowest BCUT2D eigenvalue weighted by molar-refractivity contribution is -0.119. The predicted octanol–water partition coefficient (Wildman–Crippen LogP) is 5.94. The minimum atomic E-state index is -2.97. The second kappa shape index (κ2) is 11.8. The third kappa shape index (κ3) is 5.46. The number of fused-ring (bicyclic) bond motifs is 4. The maximum absolute atomic E-state index is 15.4. The van der Waals surface area contributed by atoms with Crippen LogP contribution in [0.2, 0.25) is 10.2 Å². The van der Waals surface area contributed by atoms with Crippen molar-refractivity contribution in [2.75, 3.05) is 5.32 Å². The van der Waals surface area contributed by atoms with E-state index in [1.54, 1.807) is 13.0 Å². The van der Waals surface area contributed by atoms with E-state index in [0.29, 0.717) is 35.2 Å². The van der Waals surface area contributed by atoms with E-state index in [0.717, 1.165) is 6.07 Å². The molecule has 5 aromatic rings. The first-order valence-corrected chi connectivity index (χ1v) is 14.2. The zero-order valence-corrected chi connectivity index (χ0v) is 24.3. The summed E-state index contributed by atoms with van der Waals surface area (Å²) in [6, 6.07) is 6.40. The number of benzene rings is 1. The number of nitrogens with one attached hydrogen (secondary N) is 1. The largest absolute Gasteiger partial charge is 0.333 e. The van der Waals surface area contributed by atoms with Crippen molar-refractivity contribution in [3.8, 4) is 28.2 Å². The smallest absolute Gasteiger partial charge is 0.323 e. The minimum absolute atomic E-state index is 0.00141. The van der Waals surface area contributed by atoms with Gasteiger partial charge in [0.25, 0.3) is 5.56 Å². The summed E-state index contributed by atoms with van der Waals surface area (Å²) in [6.45, 7) is -1.25. The predicted molar refractivity (Wildman–Crippen MR) is 155 cm³/mol. The van der Waals surface area contributed by atoms with E-state index in [1.807, 2.05) is 0 Å². The van der Waals surface area contributed by atoms with Crippen LogP contribution in [0.5, 0.6) is 0 Å². The van der Waals surface area contributed by atoms with Crippen molar-refractivity contribution in [3.63, 3.8) is 0 Å². The summed E-state index contributed by atoms with van der Waals surface area (Å²) in [4.78, 5) is 35.4. The van der Waals surface area contributed by atoms with Gasteiger partial charge < -0.3 is 5.32 Å². The number of pyridine rings is 1. The molecule has 0 saturated heterocycles. The summed E-state index contributed by atoms with van der Waals surface area (Å²) in [6.07, 6.45) is 6.57. The number of alkyl halides is 2. The average Bonchev–Trinajstić information content (AvgIpc) is 3.62. The molecule has 0 saturated carbocycles. The van der Waals surface area contributed by atoms with Gasteiger partial charge in [-0.15, -0.1) is 5.10 Å². The number of carbonyl (C=O) groups is 1. The molecule has 5 heterocycles. The molecule has 1 aliphatic heterocycles. The molecule has 0 radical (unpaired) electrons. The van der Waals surface area contributed by atoms with Crippen LogP contribution in [0.25, 0.3) is 28.2 Å². The summed E-state index contributed by atoms with van der Waals surface area (Å²) < 4.78 is 46.3. The topological polar surface area (TPSA) is 125 Å². The van der Waals surface area contributed by atoms with Crippen molar-refractivity contribution in [2.45, 2.75) is 38.8 Å². The molecule has 1 amide bonds. The van der Waals surface area contributed by atoms with E-state index in [2.05, 4.69) is 30.7 Å². The molecule has 44 heavy (non-hydrogen) atoms. The molecular weight excluding hydrogens is 622 g/mol. The van der Waals surface area contributed by atoms with Crippen molar-refractivity contribution >= 4 is 34.8 Å². The zero-order chi connectivity index (χ0) is 31.1. The molecule has 0 unspecified atom stereocenters. The molecular formula is C28H22Cl2F3N9O2. The lowest BCUT2D eigenvalue weighted by Gasteiger charge is -2.22. The van der Waals surface area contributed by atoms with Crippen LogP contribution < -0.4 is 10.9 Å². The van der Waals surface area contributed by atoms with Crippen LogP contribution in [-0.4, -0.2) is 45.2 Å². The Morgan fingerprint density at radius 2 is 1.91 bits per heavy atom. The molecule has 226 valence electrons. The number of aromatic nitrogens is 8. The van der Waals surface area contributed by atoms with Gasteiger partial charge in [0.15, 0.2) is 11.0 Å². The standard InChI is InChI=1S/C28H22Cl2F3N9O2/c1-14-3-2-4-20(17-9-15(7-8-34-17)26-19(37-27(14)44)11-36-42(26)28(32)33)40-13-35-18(10-23(40)43)24-21(6-5-16(29)25(24)31)41-12-22(30)38-39-41/h5-14,20,28H,2-4H2,1H3,(H,37,44)/t14-,20+/m1/s1. The summed E-state index contributed by atoms with van der Waals surface area (Å²) in [5.41, 5.74) is 0.414. The molecule has 2 atom stereocenters. The Morgan fingerprint density at radius 3 is 2.64 bits per heavy atom. The van der Waals surface area contributed by atoms with Crippen molar-refractivity contribution in [2.24, 2.45) is 5.92 Å². The van der Waals surface area contributed by atoms with Crippen LogP contribution in [0.3, 0.4) is 0 Å². The molecule has 1 aromatic carbocycles. The molecule has 1 aliphatic rings. The van der Waals surface area contributed by atoms with Crippen LogP contribution in [-0.2, 0) is 4.79 Å². The van der Waals surface area contributed by atoms with Gasteiger partial charge in [-0.2, -0.15) is 13.9 Å². The second-order valence-electron chi connectivity index (χ2n) is 10.2. The van der Waals surface area contributed by atoms with E-state index in [-0.39, 0.29) is 44.4 Å². The highest BCUT2D eigenvalue weighted by molar-refractivity contribution is 6.31. The molecule has 0 aliphatic carbocycles. The summed E-state index contributed by atoms with van der Waals surface area (Å²) in [5, 5.41) is 14.0. The van der Waals surface area contributed by atoms with E-state index >= 15 is 4.39 Å². The summed E-state index contributed by atoms with van der Waals surface area (Å²) in [5.74, 6) is -1.63. The van der Waals surface area contributed by atoms with Crippen LogP contribution in [0, 0.1) is 11.7 Å². The number of anilines is 1. The molecule has 16 heteroatoms. The highest BCUT2D eigenvalue weighted by Gasteiger charge is 2.27. The molecule has 4 aromatic heterocycles.